The molecule has 6 heteroatoms. The fourth-order valence-electron chi connectivity index (χ4n) is 0.286. The largest absolute Gasteiger partial charge is 0.403 e. The Balaban J connectivity index is 3.35. The number of anilines is 1. The number of aromatic nitrogens is 2. The maximum Gasteiger partial charge on any atom is 0.185 e. The van der Waals surface area contributed by atoms with Crippen LogP contribution in [0.3, 0.4) is 0 Å². The molecule has 0 atom stereocenters. The minimum atomic E-state index is 0.0532. The van der Waals surface area contributed by atoms with E-state index in [0.29, 0.717) is 4.23 Å². The molecule has 0 spiro atoms. The van der Waals surface area contributed by atoms with Gasteiger partial charge in [0, 0.05) is 11.5 Å². The van der Waals surface area contributed by atoms with Crippen LogP contribution in [-0.2, 0) is 0 Å². The number of hydrogen-bond acceptors (Lipinski definition) is 5. The van der Waals surface area contributed by atoms with E-state index in [0.717, 1.165) is 11.5 Å². The Morgan fingerprint density at radius 2 is 2.50 bits per heavy atom. The van der Waals surface area contributed by atoms with Crippen molar-refractivity contribution in [2.75, 3.05) is 5.73 Å². The second-order valence-electron chi connectivity index (χ2n) is 1.16. The molecule has 0 aromatic carbocycles. The lowest BCUT2D eigenvalue weighted by Crippen LogP contribution is -1.99. The smallest absolute Gasteiger partial charge is 0.185 e. The molecule has 5 nitrogen and oxygen atoms in total. The standard InChI is InChI=1S/C2H4N4OS/c3-1-2(4)8-6(7)5-1/h4,7H,(H2,3,5). The molecular weight excluding hydrogens is 128 g/mol. The second kappa shape index (κ2) is 1.48. The first-order chi connectivity index (χ1) is 3.70. The van der Waals surface area contributed by atoms with Gasteiger partial charge < -0.3 is 10.9 Å². The summed E-state index contributed by atoms with van der Waals surface area (Å²) in [6.45, 7) is 0. The van der Waals surface area contributed by atoms with Crippen molar-refractivity contribution < 1.29 is 5.21 Å². The third-order valence-corrected chi connectivity index (χ3v) is 1.24. The first-order valence-corrected chi connectivity index (χ1v) is 2.57. The van der Waals surface area contributed by atoms with Crippen molar-refractivity contribution in [3.05, 3.63) is 4.67 Å². The fourth-order valence-corrected chi connectivity index (χ4v) is 0.713. The van der Waals surface area contributed by atoms with Crippen LogP contribution < -0.4 is 10.4 Å². The summed E-state index contributed by atoms with van der Waals surface area (Å²) in [7, 11) is 0. The van der Waals surface area contributed by atoms with Crippen molar-refractivity contribution in [2.24, 2.45) is 0 Å². The average molecular weight is 132 g/mol. The van der Waals surface area contributed by atoms with Gasteiger partial charge in [-0.05, 0) is 4.23 Å². The summed E-state index contributed by atoms with van der Waals surface area (Å²) in [4.78, 5) is 0. The lowest BCUT2D eigenvalue weighted by Gasteiger charge is -1.76. The molecule has 0 aliphatic heterocycles. The van der Waals surface area contributed by atoms with Gasteiger partial charge in [0.25, 0.3) is 0 Å². The number of rotatable bonds is 0. The van der Waals surface area contributed by atoms with Gasteiger partial charge in [0.15, 0.2) is 10.5 Å². The molecule has 8 heavy (non-hydrogen) atoms. The van der Waals surface area contributed by atoms with Gasteiger partial charge in [-0.3, -0.25) is 5.41 Å². The van der Waals surface area contributed by atoms with Gasteiger partial charge in [-0.25, -0.2) is 0 Å². The Hall–Kier alpha value is -1.04. The van der Waals surface area contributed by atoms with Crippen LogP contribution >= 0.6 is 11.5 Å². The first kappa shape index (κ1) is 5.10. The van der Waals surface area contributed by atoms with Crippen molar-refractivity contribution in [3.63, 3.8) is 0 Å². The zero-order valence-electron chi connectivity index (χ0n) is 3.83. The Morgan fingerprint density at radius 1 is 1.88 bits per heavy atom. The van der Waals surface area contributed by atoms with Crippen molar-refractivity contribution in [2.45, 2.75) is 0 Å². The normalized spacial score (nSPS) is 9.50. The highest BCUT2D eigenvalue weighted by atomic mass is 32.1. The number of hydrogen-bond donors (Lipinski definition) is 3. The third kappa shape index (κ3) is 0.648. The highest BCUT2D eigenvalue weighted by Gasteiger charge is 1.93. The zero-order chi connectivity index (χ0) is 6.15. The monoisotopic (exact) mass is 132 g/mol. The van der Waals surface area contributed by atoms with E-state index < -0.39 is 0 Å². The molecule has 4 N–H and O–H groups in total. The summed E-state index contributed by atoms with van der Waals surface area (Å²) in [6.07, 6.45) is 0. The van der Waals surface area contributed by atoms with Crippen LogP contribution in [0.4, 0.5) is 5.82 Å². The topological polar surface area (TPSA) is 87.9 Å². The van der Waals surface area contributed by atoms with Crippen LogP contribution in [0.15, 0.2) is 0 Å². The Kier molecular flexibility index (Phi) is 0.943. The van der Waals surface area contributed by atoms with Crippen molar-refractivity contribution in [1.82, 2.24) is 9.33 Å². The maximum atomic E-state index is 8.46. The van der Waals surface area contributed by atoms with Gasteiger partial charge in [0.2, 0.25) is 0 Å². The van der Waals surface area contributed by atoms with E-state index in [2.05, 4.69) is 5.10 Å². The Bertz CT molecular complexity index is 236. The molecule has 0 aliphatic rings. The SMILES string of the molecule is N=c1sn(O)nc1N. The van der Waals surface area contributed by atoms with E-state index in [-0.39, 0.29) is 10.5 Å². The lowest BCUT2D eigenvalue weighted by molar-refractivity contribution is 0.181. The molecule has 1 heterocycles. The molecule has 0 unspecified atom stereocenters. The summed E-state index contributed by atoms with van der Waals surface area (Å²) in [6, 6.07) is 0. The minimum absolute atomic E-state index is 0.0532. The van der Waals surface area contributed by atoms with E-state index in [1.165, 1.54) is 0 Å². The van der Waals surface area contributed by atoms with Crippen LogP contribution in [0.1, 0.15) is 0 Å². The van der Waals surface area contributed by atoms with Crippen LogP contribution in [0, 0.1) is 5.41 Å². The maximum absolute atomic E-state index is 8.46. The summed E-state index contributed by atoms with van der Waals surface area (Å²) < 4.78 is 0.630. The van der Waals surface area contributed by atoms with Crippen LogP contribution in [-0.4, -0.2) is 14.5 Å². The molecule has 0 radical (unpaired) electrons. The molecule has 0 amide bonds. The van der Waals surface area contributed by atoms with E-state index >= 15 is 0 Å². The summed E-state index contributed by atoms with van der Waals surface area (Å²) in [5.74, 6) is 0.0532. The van der Waals surface area contributed by atoms with Crippen LogP contribution in [0.5, 0.6) is 0 Å². The summed E-state index contributed by atoms with van der Waals surface area (Å²) in [5.41, 5.74) is 5.07. The summed E-state index contributed by atoms with van der Waals surface area (Å²) >= 11 is 0.772. The minimum Gasteiger partial charge on any atom is -0.403 e. The van der Waals surface area contributed by atoms with E-state index in [4.69, 9.17) is 16.4 Å². The predicted octanol–water partition coefficient (Wildman–Crippen LogP) is -0.756. The molecule has 0 saturated heterocycles. The number of nitrogens with one attached hydrogen (secondary N) is 1. The second-order valence-corrected chi connectivity index (χ2v) is 2.08. The van der Waals surface area contributed by atoms with Crippen LogP contribution in [0.2, 0.25) is 0 Å². The molecule has 0 fully saturated rings. The molecule has 0 saturated carbocycles. The highest BCUT2D eigenvalue weighted by molar-refractivity contribution is 7.03. The van der Waals surface area contributed by atoms with Crippen molar-refractivity contribution in [3.8, 4) is 0 Å². The molecular formula is C2H4N4OS. The molecule has 1 aromatic heterocycles. The van der Waals surface area contributed by atoms with E-state index in [1.807, 2.05) is 0 Å². The zero-order valence-corrected chi connectivity index (χ0v) is 4.64. The predicted molar refractivity (Wildman–Crippen MR) is 27.6 cm³/mol. The van der Waals surface area contributed by atoms with Gasteiger partial charge >= 0.3 is 0 Å². The molecule has 0 bridgehead atoms. The van der Waals surface area contributed by atoms with E-state index in [9.17, 15) is 0 Å². The molecule has 44 valence electrons. The van der Waals surface area contributed by atoms with Gasteiger partial charge in [-0.2, -0.15) is 0 Å². The average Bonchev–Trinajstić information content (AvgIpc) is 1.85. The number of nitrogen functional groups attached to an aromatic ring is 1. The Morgan fingerprint density at radius 3 is 2.62 bits per heavy atom. The van der Waals surface area contributed by atoms with Gasteiger partial charge in [-0.15, -0.1) is 5.10 Å². The number of nitrogens with zero attached hydrogens (tertiary/aromatic N) is 2. The van der Waals surface area contributed by atoms with Crippen molar-refractivity contribution in [1.29, 1.82) is 5.41 Å². The number of nitrogens with two attached hydrogens (primary N) is 1. The van der Waals surface area contributed by atoms with Crippen LogP contribution in [0.25, 0.3) is 0 Å². The third-order valence-electron chi connectivity index (χ3n) is 0.599. The van der Waals surface area contributed by atoms with E-state index in [1.54, 1.807) is 0 Å². The van der Waals surface area contributed by atoms with Gasteiger partial charge in [0.05, 0.1) is 0 Å². The Labute approximate surface area is 48.6 Å². The highest BCUT2D eigenvalue weighted by Crippen LogP contribution is 1.87. The van der Waals surface area contributed by atoms with Gasteiger partial charge in [0.1, 0.15) is 0 Å². The first-order valence-electron chi connectivity index (χ1n) is 1.80. The van der Waals surface area contributed by atoms with Crippen molar-refractivity contribution >= 4 is 17.4 Å². The van der Waals surface area contributed by atoms with Gasteiger partial charge in [-0.1, -0.05) is 0 Å². The lowest BCUT2D eigenvalue weighted by atomic mass is 10.8. The molecule has 1 aromatic rings. The molecule has 1 rings (SSSR count). The summed E-state index contributed by atoms with van der Waals surface area (Å²) in [5, 5.41) is 18.6. The molecule has 0 aliphatic carbocycles. The fraction of sp³-hybridized carbons (Fsp3) is 0. The quantitative estimate of drug-likeness (QED) is 0.405.